The summed E-state index contributed by atoms with van der Waals surface area (Å²) in [5.41, 5.74) is 6.60. The average Bonchev–Trinajstić information content (AvgIpc) is 2.92. The number of ketones is 1. The molecule has 2 rings (SSSR count). The minimum atomic E-state index is -4.97. The Bertz CT molecular complexity index is 1220. The summed E-state index contributed by atoms with van der Waals surface area (Å²) in [6, 6.07) is 8.47. The zero-order valence-corrected chi connectivity index (χ0v) is 23.1. The zero-order chi connectivity index (χ0) is 31.8. The summed E-state index contributed by atoms with van der Waals surface area (Å²) < 4.78 is 85.4. The van der Waals surface area contributed by atoms with Crippen molar-refractivity contribution in [2.24, 2.45) is 17.6 Å². The Labute approximate surface area is 238 Å². The minimum absolute atomic E-state index is 0.0975. The van der Waals surface area contributed by atoms with Crippen LogP contribution in [0, 0.1) is 17.7 Å². The average molecular weight is 606 g/mol. The first-order valence-electron chi connectivity index (χ1n) is 12.8. The van der Waals surface area contributed by atoms with Crippen LogP contribution in [0.1, 0.15) is 37.4 Å². The molecule has 0 bridgehead atoms. The second kappa shape index (κ2) is 14.5. The monoisotopic (exact) mass is 605 g/mol. The maximum absolute atomic E-state index is 14.7. The van der Waals surface area contributed by atoms with Gasteiger partial charge in [0.25, 0.3) is 5.91 Å². The molecule has 232 valence electrons. The van der Waals surface area contributed by atoms with Gasteiger partial charge in [0.15, 0.2) is 5.78 Å². The molecule has 0 aliphatic rings. The second-order valence-electron chi connectivity index (χ2n) is 10.1. The van der Waals surface area contributed by atoms with E-state index in [-0.39, 0.29) is 12.0 Å². The van der Waals surface area contributed by atoms with Gasteiger partial charge >= 0.3 is 12.1 Å². The lowest BCUT2D eigenvalue weighted by molar-refractivity contribution is -0.178. The maximum atomic E-state index is 14.7. The molecular formula is C28H33F6N3O5. The number of methoxy groups -OCH3 is 1. The fraction of sp³-hybridized carbons (Fsp3) is 0.464. The molecule has 5 N–H and O–H groups in total. The highest BCUT2D eigenvalue weighted by atomic mass is 19.4. The van der Waals surface area contributed by atoms with Crippen LogP contribution in [0.4, 0.5) is 26.3 Å². The first-order valence-corrected chi connectivity index (χ1v) is 12.8. The predicted molar refractivity (Wildman–Crippen MR) is 140 cm³/mol. The number of carbonyl (C=O) groups excluding carboxylic acids is 3. The number of aliphatic hydroxyl groups excluding tert-OH is 1. The van der Waals surface area contributed by atoms with E-state index in [0.717, 1.165) is 5.32 Å². The van der Waals surface area contributed by atoms with Gasteiger partial charge in [-0.2, -0.15) is 22.0 Å². The molecule has 2 aromatic rings. The lowest BCUT2D eigenvalue weighted by atomic mass is 9.81. The molecule has 8 nitrogen and oxygen atoms in total. The number of amides is 2. The normalized spacial score (nSPS) is 15.0. The summed E-state index contributed by atoms with van der Waals surface area (Å²) in [4.78, 5) is 38.3. The number of hydrogen-bond acceptors (Lipinski definition) is 6. The van der Waals surface area contributed by atoms with Gasteiger partial charge in [0.05, 0.1) is 13.2 Å². The van der Waals surface area contributed by atoms with Crippen LogP contribution in [-0.4, -0.2) is 60.6 Å². The van der Waals surface area contributed by atoms with Gasteiger partial charge in [-0.1, -0.05) is 38.1 Å². The van der Waals surface area contributed by atoms with Crippen LogP contribution in [0.5, 0.6) is 5.75 Å². The van der Waals surface area contributed by atoms with Crippen molar-refractivity contribution >= 4 is 17.6 Å². The molecule has 0 saturated carbocycles. The van der Waals surface area contributed by atoms with Crippen molar-refractivity contribution in [1.82, 2.24) is 10.6 Å². The van der Waals surface area contributed by atoms with Crippen molar-refractivity contribution in [2.75, 3.05) is 13.7 Å². The molecule has 0 fully saturated rings. The first kappa shape index (κ1) is 34.6. The van der Waals surface area contributed by atoms with Crippen LogP contribution in [0.15, 0.2) is 48.5 Å². The molecule has 2 amide bonds. The van der Waals surface area contributed by atoms with Crippen molar-refractivity contribution < 1.29 is 50.6 Å². The Morgan fingerprint density at radius 1 is 1.02 bits per heavy atom. The van der Waals surface area contributed by atoms with E-state index in [9.17, 15) is 45.8 Å². The Morgan fingerprint density at radius 3 is 2.17 bits per heavy atom. The van der Waals surface area contributed by atoms with E-state index in [4.69, 9.17) is 10.5 Å². The fourth-order valence-electron chi connectivity index (χ4n) is 4.17. The Balaban J connectivity index is 2.30. The number of halogens is 6. The van der Waals surface area contributed by atoms with Crippen LogP contribution in [0.2, 0.25) is 0 Å². The van der Waals surface area contributed by atoms with E-state index in [1.165, 1.54) is 63.4 Å². The minimum Gasteiger partial charge on any atom is -0.497 e. The lowest BCUT2D eigenvalue weighted by Gasteiger charge is -2.32. The number of alkyl halides is 5. The highest BCUT2D eigenvalue weighted by Crippen LogP contribution is 2.33. The quantitative estimate of drug-likeness (QED) is 0.244. The molecule has 42 heavy (non-hydrogen) atoms. The van der Waals surface area contributed by atoms with E-state index >= 15 is 0 Å². The fourth-order valence-corrected chi connectivity index (χ4v) is 4.17. The molecule has 14 heteroatoms. The van der Waals surface area contributed by atoms with E-state index < -0.39 is 78.5 Å². The summed E-state index contributed by atoms with van der Waals surface area (Å²) in [5, 5.41) is 13.9. The largest absolute Gasteiger partial charge is 0.497 e. The number of nitrogens with one attached hydrogen (secondary N) is 2. The number of Topliss-reactive ketones (excluding diaryl/α,β-unsaturated/α-hetero) is 1. The van der Waals surface area contributed by atoms with Crippen LogP contribution in [-0.2, 0) is 20.8 Å². The molecule has 4 atom stereocenters. The number of hydrogen-bond donors (Lipinski definition) is 4. The van der Waals surface area contributed by atoms with E-state index in [2.05, 4.69) is 5.32 Å². The zero-order valence-electron chi connectivity index (χ0n) is 23.1. The third-order valence-corrected chi connectivity index (χ3v) is 6.56. The summed E-state index contributed by atoms with van der Waals surface area (Å²) >= 11 is 0. The predicted octanol–water partition coefficient (Wildman–Crippen LogP) is 3.47. The number of carbonyl (C=O) groups is 3. The Morgan fingerprint density at radius 2 is 1.64 bits per heavy atom. The molecule has 0 aliphatic carbocycles. The van der Waals surface area contributed by atoms with Crippen LogP contribution < -0.4 is 21.1 Å². The van der Waals surface area contributed by atoms with Gasteiger partial charge < -0.3 is 26.2 Å². The summed E-state index contributed by atoms with van der Waals surface area (Å²) in [5.74, 6) is -11.3. The summed E-state index contributed by atoms with van der Waals surface area (Å²) in [7, 11) is 1.39. The first-order chi connectivity index (χ1) is 19.5. The molecule has 2 aromatic carbocycles. The second-order valence-corrected chi connectivity index (χ2v) is 10.1. The van der Waals surface area contributed by atoms with Crippen LogP contribution in [0.25, 0.3) is 0 Å². The third-order valence-electron chi connectivity index (χ3n) is 6.56. The molecule has 0 aromatic heterocycles. The van der Waals surface area contributed by atoms with Crippen molar-refractivity contribution in [3.63, 3.8) is 0 Å². The SMILES string of the molecule is COc1ccc([C@H](NC(=O)[C@@H](N)Cc2cccc(F)c2)C(=O)C[C@@H](C(C)C)[C@@H](O)C(F)(F)C(=O)NCC(F)(F)F)cc1. The van der Waals surface area contributed by atoms with Gasteiger partial charge in [0.1, 0.15) is 30.3 Å². The smallest absolute Gasteiger partial charge is 0.405 e. The van der Waals surface area contributed by atoms with Gasteiger partial charge in [-0.3, -0.25) is 14.4 Å². The number of ether oxygens (including phenoxy) is 1. The van der Waals surface area contributed by atoms with Crippen LogP contribution >= 0.6 is 0 Å². The molecule has 0 spiro atoms. The van der Waals surface area contributed by atoms with Gasteiger partial charge in [-0.25, -0.2) is 4.39 Å². The van der Waals surface area contributed by atoms with Crippen molar-refractivity contribution in [3.8, 4) is 5.75 Å². The molecule has 0 heterocycles. The molecule has 0 unspecified atom stereocenters. The third kappa shape index (κ3) is 9.72. The van der Waals surface area contributed by atoms with Gasteiger partial charge in [-0.15, -0.1) is 0 Å². The lowest BCUT2D eigenvalue weighted by Crippen LogP contribution is -2.54. The van der Waals surface area contributed by atoms with Gasteiger partial charge in [0, 0.05) is 12.3 Å². The number of rotatable bonds is 14. The van der Waals surface area contributed by atoms with Crippen molar-refractivity contribution in [1.29, 1.82) is 0 Å². The number of aliphatic hydroxyl groups is 1. The summed E-state index contributed by atoms with van der Waals surface area (Å²) in [6.07, 6.45) is -8.70. The molecule has 0 saturated heterocycles. The topological polar surface area (TPSA) is 131 Å². The highest BCUT2D eigenvalue weighted by molar-refractivity contribution is 5.92. The molecule has 0 aliphatic heterocycles. The number of benzene rings is 2. The maximum Gasteiger partial charge on any atom is 0.405 e. The number of nitrogens with two attached hydrogens (primary N) is 1. The van der Waals surface area contributed by atoms with E-state index in [1.54, 1.807) is 6.07 Å². The molecular weight excluding hydrogens is 572 g/mol. The van der Waals surface area contributed by atoms with Crippen LogP contribution in [0.3, 0.4) is 0 Å². The highest BCUT2D eigenvalue weighted by Gasteiger charge is 2.51. The summed E-state index contributed by atoms with van der Waals surface area (Å²) in [6.45, 7) is 0.711. The molecule has 0 radical (unpaired) electrons. The Kier molecular flexibility index (Phi) is 11.9. The van der Waals surface area contributed by atoms with Gasteiger partial charge in [-0.05, 0) is 47.7 Å². The van der Waals surface area contributed by atoms with E-state index in [0.29, 0.717) is 11.3 Å². The standard InChI is InChI=1S/C28H33F6N3O5/c1-15(2)20(24(39)28(33,34)26(41)36-14-27(30,31)32)13-22(38)23(17-7-9-19(42-3)10-8-17)37-25(40)21(35)12-16-5-4-6-18(29)11-16/h4-11,15,20-21,23-24,39H,12-14,35H2,1-3H3,(H,36,41)(H,37,40)/t20-,21-,23-,24+/m0/s1. The Hall–Kier alpha value is -3.65. The van der Waals surface area contributed by atoms with E-state index in [1.807, 2.05) is 0 Å². The van der Waals surface area contributed by atoms with Crippen molar-refractivity contribution in [2.45, 2.75) is 57.0 Å². The van der Waals surface area contributed by atoms with Gasteiger partial charge in [0.2, 0.25) is 5.91 Å². The van der Waals surface area contributed by atoms with Crippen molar-refractivity contribution in [3.05, 3.63) is 65.5 Å².